The Morgan fingerprint density at radius 1 is 1.17 bits per heavy atom. The SMILES string of the molecule is C1=CNC=C[N-]1. The van der Waals surface area contributed by atoms with Crippen LogP contribution < -0.4 is 5.32 Å². The van der Waals surface area contributed by atoms with Crippen LogP contribution in [-0.4, -0.2) is 0 Å². The van der Waals surface area contributed by atoms with Gasteiger partial charge >= 0.3 is 0 Å². The molecule has 0 aromatic heterocycles. The molecule has 1 rings (SSSR count). The summed E-state index contributed by atoms with van der Waals surface area (Å²) >= 11 is 0. The fraction of sp³-hybridized carbons (Fsp3) is 0. The largest absolute Gasteiger partial charge is 0.668 e. The van der Waals surface area contributed by atoms with Crippen LogP contribution in [0.2, 0.25) is 0 Å². The topological polar surface area (TPSA) is 26.1 Å². The summed E-state index contributed by atoms with van der Waals surface area (Å²) in [6, 6.07) is 0. The zero-order chi connectivity index (χ0) is 4.24. The Morgan fingerprint density at radius 2 is 1.83 bits per heavy atom. The molecule has 0 aliphatic carbocycles. The van der Waals surface area contributed by atoms with Crippen LogP contribution >= 0.6 is 0 Å². The smallest absolute Gasteiger partial charge is 0.0215 e. The summed E-state index contributed by atoms with van der Waals surface area (Å²) in [5.74, 6) is 0. The van der Waals surface area contributed by atoms with Crippen molar-refractivity contribution in [2.75, 3.05) is 0 Å². The number of rotatable bonds is 0. The van der Waals surface area contributed by atoms with Crippen LogP contribution in [0.5, 0.6) is 0 Å². The third kappa shape index (κ3) is 0.516. The Hall–Kier alpha value is -0.920. The van der Waals surface area contributed by atoms with Gasteiger partial charge in [-0.1, -0.05) is 0 Å². The Labute approximate surface area is 36.5 Å². The van der Waals surface area contributed by atoms with E-state index in [1.807, 2.05) is 0 Å². The van der Waals surface area contributed by atoms with Crippen molar-refractivity contribution < 1.29 is 0 Å². The first kappa shape index (κ1) is 3.28. The molecule has 0 atom stereocenters. The van der Waals surface area contributed by atoms with Gasteiger partial charge in [-0.2, -0.15) is 12.4 Å². The Balaban J connectivity index is 2.40. The molecular formula is C4H5N2-. The number of hydrogen-bond acceptors (Lipinski definition) is 1. The zero-order valence-corrected chi connectivity index (χ0v) is 3.26. The Morgan fingerprint density at radius 3 is 2.00 bits per heavy atom. The van der Waals surface area contributed by atoms with E-state index >= 15 is 0 Å². The highest BCUT2D eigenvalue weighted by atomic mass is 14.9. The van der Waals surface area contributed by atoms with Crippen LogP contribution in [-0.2, 0) is 0 Å². The normalized spacial score (nSPS) is 16.0. The fourth-order valence-electron chi connectivity index (χ4n) is 0.277. The van der Waals surface area contributed by atoms with Gasteiger partial charge in [0.05, 0.1) is 0 Å². The second-order valence-electron chi connectivity index (χ2n) is 0.947. The van der Waals surface area contributed by atoms with Gasteiger partial charge in [0.25, 0.3) is 0 Å². The molecule has 2 nitrogen and oxygen atoms in total. The van der Waals surface area contributed by atoms with Crippen molar-refractivity contribution in [3.63, 3.8) is 0 Å². The van der Waals surface area contributed by atoms with Crippen molar-refractivity contribution in [3.05, 3.63) is 30.1 Å². The minimum atomic E-state index is 1.69. The molecule has 6 heavy (non-hydrogen) atoms. The van der Waals surface area contributed by atoms with Gasteiger partial charge in [0.2, 0.25) is 0 Å². The van der Waals surface area contributed by atoms with Crippen LogP contribution in [0, 0.1) is 0 Å². The highest BCUT2D eigenvalue weighted by Gasteiger charge is 1.59. The first-order valence-electron chi connectivity index (χ1n) is 1.76. The van der Waals surface area contributed by atoms with E-state index < -0.39 is 0 Å². The predicted octanol–water partition coefficient (Wildman–Crippen LogP) is 0.906. The first-order valence-corrected chi connectivity index (χ1v) is 1.76. The van der Waals surface area contributed by atoms with E-state index in [0.29, 0.717) is 0 Å². The van der Waals surface area contributed by atoms with E-state index in [1.54, 1.807) is 24.8 Å². The third-order valence-corrected chi connectivity index (χ3v) is 0.514. The quantitative estimate of drug-likeness (QED) is 0.460. The maximum Gasteiger partial charge on any atom is -0.0215 e. The van der Waals surface area contributed by atoms with Crippen LogP contribution in [0.25, 0.3) is 5.32 Å². The molecule has 0 fully saturated rings. The average Bonchev–Trinajstić information content (AvgIpc) is 1.72. The van der Waals surface area contributed by atoms with E-state index in [-0.39, 0.29) is 0 Å². The van der Waals surface area contributed by atoms with E-state index in [2.05, 4.69) is 10.6 Å². The number of nitrogens with zero attached hydrogens (tertiary/aromatic N) is 1. The van der Waals surface area contributed by atoms with Gasteiger partial charge in [0, 0.05) is 0 Å². The van der Waals surface area contributed by atoms with Crippen molar-refractivity contribution >= 4 is 0 Å². The fourth-order valence-corrected chi connectivity index (χ4v) is 0.277. The summed E-state index contributed by atoms with van der Waals surface area (Å²) < 4.78 is 0. The molecule has 1 aliphatic heterocycles. The highest BCUT2D eigenvalue weighted by Crippen LogP contribution is 1.91. The molecule has 0 spiro atoms. The van der Waals surface area contributed by atoms with Gasteiger partial charge in [-0.3, -0.25) is 0 Å². The third-order valence-electron chi connectivity index (χ3n) is 0.514. The summed E-state index contributed by atoms with van der Waals surface area (Å²) in [5, 5.41) is 6.58. The molecule has 0 unspecified atom stereocenters. The summed E-state index contributed by atoms with van der Waals surface area (Å²) in [4.78, 5) is 0. The lowest BCUT2D eigenvalue weighted by atomic mass is 10.7. The van der Waals surface area contributed by atoms with Crippen LogP contribution in [0.4, 0.5) is 0 Å². The predicted molar refractivity (Wildman–Crippen MR) is 24.8 cm³/mol. The summed E-state index contributed by atoms with van der Waals surface area (Å²) in [6.45, 7) is 0. The number of hydrogen-bond donors (Lipinski definition) is 1. The van der Waals surface area contributed by atoms with Gasteiger partial charge < -0.3 is 10.6 Å². The molecule has 1 aliphatic rings. The second-order valence-corrected chi connectivity index (χ2v) is 0.947. The van der Waals surface area contributed by atoms with Gasteiger partial charge in [-0.15, -0.1) is 0 Å². The number of nitrogens with one attached hydrogen (secondary N) is 1. The molecule has 1 N–H and O–H groups in total. The van der Waals surface area contributed by atoms with Crippen LogP contribution in [0.3, 0.4) is 0 Å². The molecule has 32 valence electrons. The lowest BCUT2D eigenvalue weighted by Crippen LogP contribution is -1.92. The molecular weight excluding hydrogens is 76.1 g/mol. The molecule has 0 saturated heterocycles. The lowest BCUT2D eigenvalue weighted by Gasteiger charge is -2.10. The van der Waals surface area contributed by atoms with Gasteiger partial charge in [-0.05, 0) is 12.4 Å². The van der Waals surface area contributed by atoms with Crippen molar-refractivity contribution in [2.24, 2.45) is 0 Å². The monoisotopic (exact) mass is 81.0 g/mol. The minimum Gasteiger partial charge on any atom is -0.668 e. The zero-order valence-electron chi connectivity index (χ0n) is 3.26. The summed E-state index contributed by atoms with van der Waals surface area (Å²) in [7, 11) is 0. The molecule has 0 aromatic carbocycles. The van der Waals surface area contributed by atoms with Crippen molar-refractivity contribution in [3.8, 4) is 0 Å². The molecule has 0 saturated carbocycles. The Bertz CT molecular complexity index is 63.5. The maximum absolute atomic E-state index is 3.75. The van der Waals surface area contributed by atoms with Crippen LogP contribution in [0.1, 0.15) is 0 Å². The van der Waals surface area contributed by atoms with E-state index in [0.717, 1.165) is 0 Å². The first-order chi connectivity index (χ1) is 3.00. The molecule has 1 heterocycles. The summed E-state index contributed by atoms with van der Waals surface area (Å²) in [5.41, 5.74) is 0. The second kappa shape index (κ2) is 1.50. The van der Waals surface area contributed by atoms with Gasteiger partial charge in [-0.25, -0.2) is 0 Å². The van der Waals surface area contributed by atoms with E-state index in [9.17, 15) is 0 Å². The molecule has 0 radical (unpaired) electrons. The van der Waals surface area contributed by atoms with E-state index in [4.69, 9.17) is 0 Å². The van der Waals surface area contributed by atoms with Crippen molar-refractivity contribution in [2.45, 2.75) is 0 Å². The van der Waals surface area contributed by atoms with Crippen LogP contribution in [0.15, 0.2) is 24.8 Å². The molecule has 0 aromatic rings. The molecule has 0 amide bonds. The van der Waals surface area contributed by atoms with Crippen molar-refractivity contribution in [1.29, 1.82) is 0 Å². The lowest BCUT2D eigenvalue weighted by molar-refractivity contribution is 1.17. The van der Waals surface area contributed by atoms with E-state index in [1.165, 1.54) is 0 Å². The highest BCUT2D eigenvalue weighted by molar-refractivity contribution is 5.15. The minimum absolute atomic E-state index is 1.69. The van der Waals surface area contributed by atoms with Crippen molar-refractivity contribution in [1.82, 2.24) is 5.32 Å². The Kier molecular flexibility index (Phi) is 0.819. The standard InChI is InChI=1S/C4H5N2/c1-2-6-4-3-5-1/h1-5H/q-1. The maximum atomic E-state index is 3.75. The molecule has 2 heteroatoms. The van der Waals surface area contributed by atoms with Gasteiger partial charge in [0.15, 0.2) is 0 Å². The van der Waals surface area contributed by atoms with Gasteiger partial charge in [0.1, 0.15) is 0 Å². The average molecular weight is 81.1 g/mol. The molecule has 0 bridgehead atoms. The summed E-state index contributed by atoms with van der Waals surface area (Å²) in [6.07, 6.45) is 6.92.